The molecule has 4 fully saturated rings. The van der Waals surface area contributed by atoms with Crippen LogP contribution in [-0.2, 0) is 0 Å². The number of nitrogens with zero attached hydrogens (tertiary/aromatic N) is 8. The molecule has 2 atom stereocenters. The fraction of sp³-hybridized carbons (Fsp3) is 0.621. The zero-order chi connectivity index (χ0) is 26.9. The first-order valence-electron chi connectivity index (χ1n) is 14.3. The van der Waals surface area contributed by atoms with Gasteiger partial charge in [-0.1, -0.05) is 34.5 Å². The van der Waals surface area contributed by atoms with Crippen LogP contribution in [0.1, 0.15) is 75.6 Å². The lowest BCUT2D eigenvalue weighted by atomic mass is 9.66. The summed E-state index contributed by atoms with van der Waals surface area (Å²) in [5.41, 5.74) is 3.45. The van der Waals surface area contributed by atoms with Crippen molar-refractivity contribution in [1.29, 1.82) is 5.26 Å². The van der Waals surface area contributed by atoms with Crippen LogP contribution in [0, 0.1) is 28.6 Å². The third-order valence-corrected chi connectivity index (χ3v) is 10.2. The van der Waals surface area contributed by atoms with Crippen LogP contribution in [0.5, 0.6) is 0 Å². The maximum absolute atomic E-state index is 9.42. The molecule has 2 saturated carbocycles. The molecule has 204 valence electrons. The van der Waals surface area contributed by atoms with E-state index in [0.29, 0.717) is 33.8 Å². The van der Waals surface area contributed by atoms with Crippen LogP contribution in [0.2, 0.25) is 10.0 Å². The molecule has 3 aromatic rings. The number of anilines is 1. The molecule has 10 heteroatoms. The number of likely N-dealkylation sites (tertiary alicyclic amines) is 1. The van der Waals surface area contributed by atoms with E-state index in [-0.39, 0.29) is 11.5 Å². The van der Waals surface area contributed by atoms with Crippen molar-refractivity contribution in [2.75, 3.05) is 31.1 Å². The molecule has 0 N–H and O–H groups in total. The molecule has 8 nitrogen and oxygen atoms in total. The van der Waals surface area contributed by atoms with E-state index >= 15 is 0 Å². The second-order valence-corrected chi connectivity index (χ2v) is 13.4. The van der Waals surface area contributed by atoms with Crippen LogP contribution >= 0.6 is 23.2 Å². The predicted molar refractivity (Wildman–Crippen MR) is 152 cm³/mol. The van der Waals surface area contributed by atoms with E-state index in [0.717, 1.165) is 73.7 Å². The minimum atomic E-state index is -0.138. The summed E-state index contributed by atoms with van der Waals surface area (Å²) < 4.78 is 1.88. The molecular weight excluding hydrogens is 531 g/mol. The number of fused-ring (bicyclic) bond motifs is 1. The molecule has 2 aromatic heterocycles. The van der Waals surface area contributed by atoms with Gasteiger partial charge in [0.15, 0.2) is 11.2 Å². The first kappa shape index (κ1) is 25.5. The Morgan fingerprint density at radius 2 is 1.87 bits per heavy atom. The molecule has 1 aromatic carbocycles. The van der Waals surface area contributed by atoms with E-state index in [2.05, 4.69) is 40.0 Å². The molecule has 7 rings (SSSR count). The first-order valence-corrected chi connectivity index (χ1v) is 15.1. The minimum absolute atomic E-state index is 0.113. The van der Waals surface area contributed by atoms with Crippen molar-refractivity contribution in [3.8, 4) is 6.07 Å². The van der Waals surface area contributed by atoms with Gasteiger partial charge in [-0.05, 0) is 88.4 Å². The summed E-state index contributed by atoms with van der Waals surface area (Å²) in [5, 5.41) is 19.7. The predicted octanol–water partition coefficient (Wildman–Crippen LogP) is 5.86. The Kier molecular flexibility index (Phi) is 6.26. The number of hydrogen-bond acceptors (Lipinski definition) is 7. The average molecular weight is 566 g/mol. The van der Waals surface area contributed by atoms with Crippen molar-refractivity contribution in [1.82, 2.24) is 29.9 Å². The molecule has 0 bridgehead atoms. The van der Waals surface area contributed by atoms with E-state index in [4.69, 9.17) is 33.2 Å². The highest BCUT2D eigenvalue weighted by atomic mass is 35.5. The Labute approximate surface area is 239 Å². The Morgan fingerprint density at radius 3 is 2.59 bits per heavy atom. The van der Waals surface area contributed by atoms with E-state index in [9.17, 15) is 5.26 Å². The summed E-state index contributed by atoms with van der Waals surface area (Å²) >= 11 is 12.7. The zero-order valence-electron chi connectivity index (χ0n) is 22.5. The highest BCUT2D eigenvalue weighted by Gasteiger charge is 2.46. The second kappa shape index (κ2) is 9.57. The highest BCUT2D eigenvalue weighted by molar-refractivity contribution is 6.35. The van der Waals surface area contributed by atoms with Crippen LogP contribution in [0.3, 0.4) is 0 Å². The summed E-state index contributed by atoms with van der Waals surface area (Å²) in [6.07, 6.45) is 6.87. The standard InChI is InChI=1S/C29H34Cl2N8/c1-17(23-8-7-21(30)10-24(23)31)39-27-26(35-36-39)25(18-5-6-18)33-28(34-27)38-14-20(15-38)19-4-3-9-37(13-19)22-11-29(2,12-22)16-32/h7-8,10,17-20,22H,3-6,9,11-15H2,1-2H3/t17-,19+,22?,29?/m1/s1. The molecule has 0 spiro atoms. The smallest absolute Gasteiger partial charge is 0.227 e. The molecule has 0 radical (unpaired) electrons. The normalized spacial score (nSPS) is 28.6. The molecule has 2 saturated heterocycles. The van der Waals surface area contributed by atoms with Gasteiger partial charge in [0, 0.05) is 41.6 Å². The largest absolute Gasteiger partial charge is 0.340 e. The molecule has 4 aliphatic rings. The number of rotatable bonds is 6. The van der Waals surface area contributed by atoms with Crippen LogP contribution in [0.4, 0.5) is 5.95 Å². The van der Waals surface area contributed by atoms with Gasteiger partial charge < -0.3 is 4.90 Å². The Hall–Kier alpha value is -2.47. The van der Waals surface area contributed by atoms with Crippen molar-refractivity contribution < 1.29 is 0 Å². The topological polar surface area (TPSA) is 86.8 Å². The van der Waals surface area contributed by atoms with Crippen molar-refractivity contribution in [3.05, 3.63) is 39.5 Å². The monoisotopic (exact) mass is 564 g/mol. The van der Waals surface area contributed by atoms with Gasteiger partial charge in [0.2, 0.25) is 5.95 Å². The van der Waals surface area contributed by atoms with Crippen LogP contribution < -0.4 is 4.90 Å². The molecule has 0 unspecified atom stereocenters. The van der Waals surface area contributed by atoms with Crippen molar-refractivity contribution in [2.24, 2.45) is 17.3 Å². The summed E-state index contributed by atoms with van der Waals surface area (Å²) in [6.45, 7) is 8.50. The van der Waals surface area contributed by atoms with Gasteiger partial charge in [-0.15, -0.1) is 5.10 Å². The molecule has 4 heterocycles. The zero-order valence-corrected chi connectivity index (χ0v) is 24.0. The van der Waals surface area contributed by atoms with Gasteiger partial charge in [0.1, 0.15) is 0 Å². The van der Waals surface area contributed by atoms with Gasteiger partial charge in [0.25, 0.3) is 0 Å². The maximum atomic E-state index is 9.42. The molecule has 2 aliphatic heterocycles. The highest BCUT2D eigenvalue weighted by Crippen LogP contribution is 2.45. The van der Waals surface area contributed by atoms with Gasteiger partial charge in [-0.2, -0.15) is 10.2 Å². The lowest BCUT2D eigenvalue weighted by Gasteiger charge is -2.52. The lowest BCUT2D eigenvalue weighted by molar-refractivity contribution is 0.00631. The number of hydrogen-bond donors (Lipinski definition) is 0. The van der Waals surface area contributed by atoms with Crippen LogP contribution in [0.15, 0.2) is 18.2 Å². The van der Waals surface area contributed by atoms with Crippen molar-refractivity contribution >= 4 is 40.3 Å². The van der Waals surface area contributed by atoms with E-state index in [1.807, 2.05) is 16.8 Å². The van der Waals surface area contributed by atoms with Crippen molar-refractivity contribution in [2.45, 2.75) is 70.4 Å². The van der Waals surface area contributed by atoms with Gasteiger partial charge >= 0.3 is 0 Å². The number of benzene rings is 1. The fourth-order valence-corrected chi connectivity index (χ4v) is 7.48. The lowest BCUT2D eigenvalue weighted by Crippen LogP contribution is -2.57. The van der Waals surface area contributed by atoms with E-state index in [1.54, 1.807) is 6.07 Å². The van der Waals surface area contributed by atoms with Gasteiger partial charge in [-0.3, -0.25) is 4.90 Å². The van der Waals surface area contributed by atoms with Gasteiger partial charge in [-0.25, -0.2) is 9.67 Å². The van der Waals surface area contributed by atoms with Gasteiger partial charge in [0.05, 0.1) is 23.2 Å². The summed E-state index contributed by atoms with van der Waals surface area (Å²) in [6, 6.07) is 8.53. The third kappa shape index (κ3) is 4.57. The first-order chi connectivity index (χ1) is 18.8. The van der Waals surface area contributed by atoms with Crippen LogP contribution in [-0.4, -0.2) is 62.1 Å². The molecule has 0 amide bonds. The Bertz CT molecular complexity index is 1450. The number of aromatic nitrogens is 5. The number of piperidine rings is 1. The summed E-state index contributed by atoms with van der Waals surface area (Å²) in [5.74, 6) is 2.61. The SMILES string of the molecule is C[C@H](c1ccc(Cl)cc1Cl)n1nnc2c(C3CC3)nc(N3CC([C@H]4CCCN(C5CC(C)(C#N)C5)C4)C3)nc21. The Morgan fingerprint density at radius 1 is 1.08 bits per heavy atom. The third-order valence-electron chi connectivity index (χ3n) is 9.59. The Balaban J connectivity index is 1.10. The molecular formula is C29H34Cl2N8. The van der Waals surface area contributed by atoms with Crippen molar-refractivity contribution in [3.63, 3.8) is 0 Å². The molecule has 2 aliphatic carbocycles. The molecule has 39 heavy (non-hydrogen) atoms. The van der Waals surface area contributed by atoms with Crippen LogP contribution in [0.25, 0.3) is 11.2 Å². The average Bonchev–Trinajstić information content (AvgIpc) is 3.64. The second-order valence-electron chi connectivity index (χ2n) is 12.5. The quantitative estimate of drug-likeness (QED) is 0.370. The maximum Gasteiger partial charge on any atom is 0.227 e. The summed E-state index contributed by atoms with van der Waals surface area (Å²) in [4.78, 5) is 15.1. The number of halogens is 2. The number of nitriles is 1. The minimum Gasteiger partial charge on any atom is -0.340 e. The summed E-state index contributed by atoms with van der Waals surface area (Å²) in [7, 11) is 0. The van der Waals surface area contributed by atoms with E-state index in [1.165, 1.54) is 19.4 Å². The fourth-order valence-electron chi connectivity index (χ4n) is 6.92. The van der Waals surface area contributed by atoms with E-state index < -0.39 is 0 Å².